The summed E-state index contributed by atoms with van der Waals surface area (Å²) in [5, 5.41) is 9.16. The zero-order valence-electron chi connectivity index (χ0n) is 24.0. The molecule has 0 saturated heterocycles. The van der Waals surface area contributed by atoms with Gasteiger partial charge in [-0.2, -0.15) is 61.5 Å². The Bertz CT molecular complexity index is 1380. The monoisotopic (exact) mass is 723 g/mol. The third-order valence-corrected chi connectivity index (χ3v) is 6.26. The van der Waals surface area contributed by atoms with Gasteiger partial charge in [0.1, 0.15) is 18.1 Å². The van der Waals surface area contributed by atoms with Crippen LogP contribution in [0.1, 0.15) is 18.1 Å². The van der Waals surface area contributed by atoms with Crippen molar-refractivity contribution < 1.29 is 90.4 Å². The van der Waals surface area contributed by atoms with Gasteiger partial charge in [0, 0.05) is 13.0 Å². The Morgan fingerprint density at radius 3 is 1.73 bits per heavy atom. The highest BCUT2D eigenvalue weighted by Crippen LogP contribution is 2.57. The van der Waals surface area contributed by atoms with E-state index in [1.54, 1.807) is 0 Å². The van der Waals surface area contributed by atoms with Crippen LogP contribution < -0.4 is 9.47 Å². The normalized spacial score (nSPS) is 14.0. The van der Waals surface area contributed by atoms with E-state index in [1.807, 2.05) is 0 Å². The molecular formula is C27H23F14NO6. The van der Waals surface area contributed by atoms with Crippen LogP contribution >= 0.6 is 0 Å². The number of benzene rings is 2. The first kappa shape index (κ1) is 40.1. The number of nitrogens with zero attached hydrogens (tertiary/aromatic N) is 1. The summed E-state index contributed by atoms with van der Waals surface area (Å²) in [6, 6.07) is 6.53. The Morgan fingerprint density at radius 2 is 1.27 bits per heavy atom. The van der Waals surface area contributed by atoms with Crippen molar-refractivity contribution >= 4 is 12.1 Å². The standard InChI is InChI=1S/C27H23F14NO6/c1-2-46-19(20(43)44)13-15-3-7-17(8-4-15)47-12-11-42(21(45)48-18-9-5-16(6-10-18)23(30,31)32)14-22(28,29)24(33,34)25(35,36)26(37,38)27(39,40)41/h3-10,19H,2,11-14H2,1H3,(H,43,44). The Hall–Kier alpha value is -4.04. The third kappa shape index (κ3) is 9.10. The van der Waals surface area contributed by atoms with Crippen molar-refractivity contribution in [1.82, 2.24) is 4.90 Å². The predicted molar refractivity (Wildman–Crippen MR) is 134 cm³/mol. The van der Waals surface area contributed by atoms with Crippen LogP contribution in [-0.4, -0.2) is 84.3 Å². The molecule has 0 fully saturated rings. The fourth-order valence-electron chi connectivity index (χ4n) is 3.68. The van der Waals surface area contributed by atoms with Crippen molar-refractivity contribution in [1.29, 1.82) is 0 Å². The average molecular weight is 723 g/mol. The number of hydrogen-bond donors (Lipinski definition) is 1. The first-order valence-electron chi connectivity index (χ1n) is 13.1. The summed E-state index contributed by atoms with van der Waals surface area (Å²) < 4.78 is 202. The Kier molecular flexibility index (Phi) is 12.2. The smallest absolute Gasteiger partial charge is 0.460 e. The van der Waals surface area contributed by atoms with Crippen molar-refractivity contribution in [3.63, 3.8) is 0 Å². The Morgan fingerprint density at radius 1 is 0.750 bits per heavy atom. The van der Waals surface area contributed by atoms with Gasteiger partial charge in [-0.3, -0.25) is 4.90 Å². The molecule has 0 spiro atoms. The zero-order chi connectivity index (χ0) is 36.9. The number of halogens is 14. The second-order valence-corrected chi connectivity index (χ2v) is 9.72. The van der Waals surface area contributed by atoms with E-state index in [4.69, 9.17) is 14.6 Å². The van der Waals surface area contributed by atoms with Gasteiger partial charge < -0.3 is 19.3 Å². The van der Waals surface area contributed by atoms with Gasteiger partial charge in [0.25, 0.3) is 0 Å². The predicted octanol–water partition coefficient (Wildman–Crippen LogP) is 7.72. The zero-order valence-corrected chi connectivity index (χ0v) is 24.0. The van der Waals surface area contributed by atoms with Gasteiger partial charge in [-0.1, -0.05) is 12.1 Å². The summed E-state index contributed by atoms with van der Waals surface area (Å²) in [6.07, 6.45) is -15.9. The first-order chi connectivity index (χ1) is 21.8. The molecule has 0 aliphatic carbocycles. The van der Waals surface area contributed by atoms with Crippen LogP contribution in [-0.2, 0) is 22.1 Å². The molecule has 21 heteroatoms. The van der Waals surface area contributed by atoms with E-state index in [9.17, 15) is 71.1 Å². The molecule has 1 amide bonds. The second-order valence-electron chi connectivity index (χ2n) is 9.72. The number of ether oxygens (including phenoxy) is 3. The first-order valence-corrected chi connectivity index (χ1v) is 13.1. The average Bonchev–Trinajstić information content (AvgIpc) is 2.96. The maximum absolute atomic E-state index is 14.6. The molecule has 0 saturated carbocycles. The number of amides is 1. The van der Waals surface area contributed by atoms with Crippen molar-refractivity contribution in [2.45, 2.75) is 55.5 Å². The molecule has 1 atom stereocenters. The van der Waals surface area contributed by atoms with E-state index < -0.39 is 90.1 Å². The minimum Gasteiger partial charge on any atom is -0.492 e. The number of carboxylic acid groups (broad SMARTS) is 1. The lowest BCUT2D eigenvalue weighted by atomic mass is 9.97. The topological polar surface area (TPSA) is 85.3 Å². The quantitative estimate of drug-likeness (QED) is 0.190. The van der Waals surface area contributed by atoms with Crippen molar-refractivity contribution in [3.05, 3.63) is 59.7 Å². The van der Waals surface area contributed by atoms with Crippen molar-refractivity contribution in [2.75, 3.05) is 26.3 Å². The van der Waals surface area contributed by atoms with Crippen LogP contribution in [0.5, 0.6) is 11.5 Å². The summed E-state index contributed by atoms with van der Waals surface area (Å²) in [6.45, 7) is -3.67. The van der Waals surface area contributed by atoms with Gasteiger partial charge in [0.05, 0.1) is 18.7 Å². The van der Waals surface area contributed by atoms with Crippen LogP contribution in [0.25, 0.3) is 0 Å². The molecule has 0 aromatic heterocycles. The van der Waals surface area contributed by atoms with Crippen molar-refractivity contribution in [2.24, 2.45) is 0 Å². The lowest BCUT2D eigenvalue weighted by Crippen LogP contribution is -2.68. The fraction of sp³-hybridized carbons (Fsp3) is 0.481. The highest BCUT2D eigenvalue weighted by Gasteiger charge is 2.87. The molecule has 2 rings (SSSR count). The highest BCUT2D eigenvalue weighted by molar-refractivity contribution is 5.72. The third-order valence-electron chi connectivity index (χ3n) is 6.26. The van der Waals surface area contributed by atoms with Gasteiger partial charge in [-0.05, 0) is 48.9 Å². The maximum Gasteiger partial charge on any atom is 0.460 e. The van der Waals surface area contributed by atoms with Gasteiger partial charge >= 0.3 is 48.1 Å². The molecular weight excluding hydrogens is 700 g/mol. The molecule has 0 bridgehead atoms. The SMILES string of the molecule is CCOC(Cc1ccc(OCCN(CC(F)(F)C(F)(F)C(F)(F)C(F)(F)C(F)(F)F)C(=O)Oc2ccc(C(F)(F)F)cc2)cc1)C(=O)O. The van der Waals surface area contributed by atoms with E-state index in [1.165, 1.54) is 31.2 Å². The number of hydrogen-bond acceptors (Lipinski definition) is 5. The molecule has 48 heavy (non-hydrogen) atoms. The van der Waals surface area contributed by atoms with Crippen LogP contribution in [0.4, 0.5) is 66.3 Å². The lowest BCUT2D eigenvalue weighted by molar-refractivity contribution is -0.422. The largest absolute Gasteiger partial charge is 0.492 e. The van der Waals surface area contributed by atoms with Crippen LogP contribution in [0.3, 0.4) is 0 Å². The molecule has 2 aromatic rings. The minimum absolute atomic E-state index is 0.0589. The van der Waals surface area contributed by atoms with Gasteiger partial charge in [0.2, 0.25) is 0 Å². The molecule has 0 radical (unpaired) electrons. The second kappa shape index (κ2) is 14.6. The summed E-state index contributed by atoms with van der Waals surface area (Å²) in [7, 11) is 0. The molecule has 7 nitrogen and oxygen atoms in total. The van der Waals surface area contributed by atoms with E-state index >= 15 is 0 Å². The molecule has 0 heterocycles. The van der Waals surface area contributed by atoms with Gasteiger partial charge in [0.15, 0.2) is 6.10 Å². The molecule has 0 aliphatic heterocycles. The highest BCUT2D eigenvalue weighted by atomic mass is 19.4. The van der Waals surface area contributed by atoms with Crippen LogP contribution in [0, 0.1) is 0 Å². The van der Waals surface area contributed by atoms with E-state index in [0.717, 1.165) is 0 Å². The number of carbonyl (C=O) groups excluding carboxylic acids is 1. The molecule has 1 unspecified atom stereocenters. The summed E-state index contributed by atoms with van der Waals surface area (Å²) in [4.78, 5) is 23.3. The summed E-state index contributed by atoms with van der Waals surface area (Å²) in [5.41, 5.74) is -0.919. The number of aliphatic carboxylic acids is 1. The van der Waals surface area contributed by atoms with E-state index in [2.05, 4.69) is 4.74 Å². The minimum atomic E-state index is -7.76. The lowest BCUT2D eigenvalue weighted by Gasteiger charge is -2.38. The van der Waals surface area contributed by atoms with Crippen molar-refractivity contribution in [3.8, 4) is 11.5 Å². The van der Waals surface area contributed by atoms with E-state index in [0.29, 0.717) is 29.8 Å². The number of rotatable bonds is 15. The Labute approximate surface area is 260 Å². The molecule has 1 N–H and O–H groups in total. The van der Waals surface area contributed by atoms with Crippen LogP contribution in [0.15, 0.2) is 48.5 Å². The van der Waals surface area contributed by atoms with Crippen LogP contribution in [0.2, 0.25) is 0 Å². The molecule has 2 aromatic carbocycles. The fourth-order valence-corrected chi connectivity index (χ4v) is 3.68. The number of carboxylic acids is 1. The number of alkyl halides is 14. The Balaban J connectivity index is 2.32. The maximum atomic E-state index is 14.6. The molecule has 270 valence electrons. The summed E-state index contributed by atoms with van der Waals surface area (Å²) in [5.74, 6) is -31.7. The summed E-state index contributed by atoms with van der Waals surface area (Å²) >= 11 is 0. The van der Waals surface area contributed by atoms with Gasteiger partial charge in [-0.25, -0.2) is 9.59 Å². The van der Waals surface area contributed by atoms with E-state index in [-0.39, 0.29) is 18.8 Å². The number of carbonyl (C=O) groups is 2. The molecule has 0 aliphatic rings. The van der Waals surface area contributed by atoms with Gasteiger partial charge in [-0.15, -0.1) is 0 Å².